The highest BCUT2D eigenvalue weighted by Gasteiger charge is 2.19. The number of rotatable bonds is 7. The molecular weight excluding hydrogens is 313 g/mol. The van der Waals surface area contributed by atoms with E-state index in [1.165, 1.54) is 7.11 Å². The van der Waals surface area contributed by atoms with E-state index in [0.717, 1.165) is 12.0 Å². The van der Waals surface area contributed by atoms with Crippen LogP contribution in [0.5, 0.6) is 0 Å². The normalized spacial score (nSPS) is 11.2. The Labute approximate surface area is 136 Å². The molecule has 1 N–H and O–H groups in total. The van der Waals surface area contributed by atoms with Crippen LogP contribution in [0.2, 0.25) is 0 Å². The molecule has 0 saturated carbocycles. The summed E-state index contributed by atoms with van der Waals surface area (Å²) in [6, 6.07) is 7.12. The fourth-order valence-corrected chi connectivity index (χ4v) is 2.14. The van der Waals surface area contributed by atoms with E-state index in [1.54, 1.807) is 18.2 Å². The van der Waals surface area contributed by atoms with E-state index in [1.807, 2.05) is 13.0 Å². The molecule has 0 saturated heterocycles. The number of alkyl halides is 1. The second-order valence-electron chi connectivity index (χ2n) is 4.30. The van der Waals surface area contributed by atoms with Gasteiger partial charge in [0, 0.05) is 5.88 Å². The molecule has 4 nitrogen and oxygen atoms in total. The first-order chi connectivity index (χ1) is 9.63. The number of ether oxygens (including phenoxy) is 2. The fraction of sp³-hybridized carbons (Fsp3) is 0.467. The SMILES string of the molecule is CCOC(=N)C(CCCCl)c1cccc(C(=O)OC)c1.Cl. The minimum Gasteiger partial charge on any atom is -0.481 e. The lowest BCUT2D eigenvalue weighted by Crippen LogP contribution is -2.16. The molecule has 118 valence electrons. The van der Waals surface area contributed by atoms with Crippen molar-refractivity contribution in [3.8, 4) is 0 Å². The topological polar surface area (TPSA) is 59.4 Å². The molecule has 0 aliphatic carbocycles. The number of hydrogen-bond acceptors (Lipinski definition) is 4. The van der Waals surface area contributed by atoms with Gasteiger partial charge in [-0.1, -0.05) is 12.1 Å². The second-order valence-corrected chi connectivity index (χ2v) is 4.68. The van der Waals surface area contributed by atoms with Crippen LogP contribution in [0.1, 0.15) is 41.6 Å². The molecule has 6 heteroatoms. The summed E-state index contributed by atoms with van der Waals surface area (Å²) in [4.78, 5) is 11.6. The molecule has 0 heterocycles. The summed E-state index contributed by atoms with van der Waals surface area (Å²) in [5, 5.41) is 8.00. The molecule has 1 atom stereocenters. The minimum atomic E-state index is -0.383. The van der Waals surface area contributed by atoms with Crippen molar-refractivity contribution in [3.05, 3.63) is 35.4 Å². The summed E-state index contributed by atoms with van der Waals surface area (Å²) in [7, 11) is 1.35. The molecule has 1 rings (SSSR count). The van der Waals surface area contributed by atoms with E-state index in [-0.39, 0.29) is 30.2 Å². The summed E-state index contributed by atoms with van der Waals surface area (Å²) in [5.41, 5.74) is 1.35. The molecule has 0 fully saturated rings. The van der Waals surface area contributed by atoms with Gasteiger partial charge in [0.1, 0.15) is 0 Å². The van der Waals surface area contributed by atoms with Gasteiger partial charge in [-0.15, -0.1) is 24.0 Å². The highest BCUT2D eigenvalue weighted by atomic mass is 35.5. The molecule has 0 bridgehead atoms. The molecule has 21 heavy (non-hydrogen) atoms. The summed E-state index contributed by atoms with van der Waals surface area (Å²) < 4.78 is 10.0. The lowest BCUT2D eigenvalue weighted by atomic mass is 9.93. The number of benzene rings is 1. The minimum absolute atomic E-state index is 0. The summed E-state index contributed by atoms with van der Waals surface area (Å²) in [6.07, 6.45) is 1.50. The van der Waals surface area contributed by atoms with Gasteiger partial charge < -0.3 is 9.47 Å². The fourth-order valence-electron chi connectivity index (χ4n) is 1.99. The van der Waals surface area contributed by atoms with Crippen LogP contribution in [0.3, 0.4) is 0 Å². The lowest BCUT2D eigenvalue weighted by Gasteiger charge is -2.18. The van der Waals surface area contributed by atoms with E-state index in [9.17, 15) is 4.79 Å². The highest BCUT2D eigenvalue weighted by Crippen LogP contribution is 2.24. The summed E-state index contributed by atoms with van der Waals surface area (Å²) >= 11 is 5.73. The largest absolute Gasteiger partial charge is 0.481 e. The van der Waals surface area contributed by atoms with Crippen molar-refractivity contribution in [1.29, 1.82) is 5.41 Å². The van der Waals surface area contributed by atoms with Gasteiger partial charge in [-0.05, 0) is 37.5 Å². The quantitative estimate of drug-likeness (QED) is 0.355. The van der Waals surface area contributed by atoms with Gasteiger partial charge in [-0.25, -0.2) is 4.79 Å². The Kier molecular flexibility index (Phi) is 9.84. The number of esters is 1. The zero-order chi connectivity index (χ0) is 15.0. The monoisotopic (exact) mass is 333 g/mol. The number of hydrogen-bond donors (Lipinski definition) is 1. The van der Waals surface area contributed by atoms with Crippen molar-refractivity contribution >= 4 is 35.9 Å². The Bertz CT molecular complexity index is 466. The maximum Gasteiger partial charge on any atom is 0.337 e. The van der Waals surface area contributed by atoms with E-state index < -0.39 is 0 Å². The second kappa shape index (κ2) is 10.5. The molecule has 0 aliphatic heterocycles. The maximum atomic E-state index is 11.6. The molecular formula is C15H21Cl2NO3. The van der Waals surface area contributed by atoms with Gasteiger partial charge in [-0.3, -0.25) is 5.41 Å². The van der Waals surface area contributed by atoms with Crippen molar-refractivity contribution < 1.29 is 14.3 Å². The van der Waals surface area contributed by atoms with Crippen molar-refractivity contribution in [2.24, 2.45) is 0 Å². The van der Waals surface area contributed by atoms with Gasteiger partial charge in [0.2, 0.25) is 0 Å². The van der Waals surface area contributed by atoms with Gasteiger partial charge in [-0.2, -0.15) is 0 Å². The van der Waals surface area contributed by atoms with Crippen LogP contribution in [-0.4, -0.2) is 31.5 Å². The van der Waals surface area contributed by atoms with Crippen LogP contribution >= 0.6 is 24.0 Å². The van der Waals surface area contributed by atoms with Gasteiger partial charge in [0.25, 0.3) is 0 Å². The summed E-state index contributed by atoms with van der Waals surface area (Å²) in [6.45, 7) is 2.30. The molecule has 0 amide bonds. The Morgan fingerprint density at radius 1 is 1.43 bits per heavy atom. The van der Waals surface area contributed by atoms with Gasteiger partial charge in [0.15, 0.2) is 5.90 Å². The standard InChI is InChI=1S/C15H20ClNO3.ClH/c1-3-20-14(17)13(8-5-9-16)11-6-4-7-12(10-11)15(18)19-2;/h4,6-7,10,13,17H,3,5,8-9H2,1-2H3;1H. The molecule has 0 radical (unpaired) electrons. The highest BCUT2D eigenvalue weighted by molar-refractivity contribution is 6.17. The predicted molar refractivity (Wildman–Crippen MR) is 87.1 cm³/mol. The number of methoxy groups -OCH3 is 1. The molecule has 1 aromatic rings. The van der Waals surface area contributed by atoms with Crippen molar-refractivity contribution in [1.82, 2.24) is 0 Å². The van der Waals surface area contributed by atoms with Crippen LogP contribution in [0.15, 0.2) is 24.3 Å². The predicted octanol–water partition coefficient (Wildman–Crippen LogP) is 4.01. The third-order valence-corrected chi connectivity index (χ3v) is 3.22. The van der Waals surface area contributed by atoms with Crippen LogP contribution in [0.4, 0.5) is 0 Å². The third-order valence-electron chi connectivity index (χ3n) is 2.95. The van der Waals surface area contributed by atoms with E-state index in [4.69, 9.17) is 26.5 Å². The molecule has 1 aromatic carbocycles. The van der Waals surface area contributed by atoms with E-state index in [0.29, 0.717) is 24.5 Å². The first-order valence-electron chi connectivity index (χ1n) is 6.59. The maximum absolute atomic E-state index is 11.6. The third kappa shape index (κ3) is 5.94. The Balaban J connectivity index is 0.00000400. The summed E-state index contributed by atoms with van der Waals surface area (Å²) in [5.74, 6) is 0.177. The first kappa shape index (κ1) is 19.7. The molecule has 0 aromatic heterocycles. The van der Waals surface area contributed by atoms with Crippen molar-refractivity contribution in [2.75, 3.05) is 19.6 Å². The smallest absolute Gasteiger partial charge is 0.337 e. The number of carbonyl (C=O) groups excluding carboxylic acids is 1. The Hall–Kier alpha value is -1.26. The first-order valence-corrected chi connectivity index (χ1v) is 7.13. The van der Waals surface area contributed by atoms with E-state index >= 15 is 0 Å². The van der Waals surface area contributed by atoms with E-state index in [2.05, 4.69) is 0 Å². The molecule has 0 spiro atoms. The lowest BCUT2D eigenvalue weighted by molar-refractivity contribution is 0.0600. The number of halogens is 2. The van der Waals surface area contributed by atoms with Crippen molar-refractivity contribution in [3.63, 3.8) is 0 Å². The van der Waals surface area contributed by atoms with Gasteiger partial charge >= 0.3 is 5.97 Å². The van der Waals surface area contributed by atoms with Gasteiger partial charge in [0.05, 0.1) is 25.2 Å². The average Bonchev–Trinajstić information content (AvgIpc) is 2.47. The number of nitrogens with one attached hydrogen (secondary N) is 1. The Morgan fingerprint density at radius 3 is 2.71 bits per heavy atom. The molecule has 0 aliphatic rings. The van der Waals surface area contributed by atoms with Crippen LogP contribution in [0.25, 0.3) is 0 Å². The van der Waals surface area contributed by atoms with Crippen LogP contribution in [0, 0.1) is 5.41 Å². The number of carbonyl (C=O) groups is 1. The zero-order valence-corrected chi connectivity index (χ0v) is 13.8. The Morgan fingerprint density at radius 2 is 2.14 bits per heavy atom. The zero-order valence-electron chi connectivity index (χ0n) is 12.2. The van der Waals surface area contributed by atoms with Crippen molar-refractivity contribution in [2.45, 2.75) is 25.7 Å². The molecule has 1 unspecified atom stereocenters. The van der Waals surface area contributed by atoms with Crippen LogP contribution < -0.4 is 0 Å². The van der Waals surface area contributed by atoms with Crippen LogP contribution in [-0.2, 0) is 9.47 Å². The average molecular weight is 334 g/mol.